The summed E-state index contributed by atoms with van der Waals surface area (Å²) in [6.07, 6.45) is 4.86. The minimum absolute atomic E-state index is 0.139. The molecule has 5 heteroatoms. The zero-order chi connectivity index (χ0) is 16.8. The molecule has 1 aromatic heterocycles. The number of ether oxygens (including phenoxy) is 1. The third-order valence-electron chi connectivity index (χ3n) is 4.19. The highest BCUT2D eigenvalue weighted by molar-refractivity contribution is 5.92. The smallest absolute Gasteiger partial charge is 0.269 e. The monoisotopic (exact) mass is 325 g/mol. The largest absolute Gasteiger partial charge is 0.376 e. The van der Waals surface area contributed by atoms with E-state index in [1.54, 1.807) is 12.3 Å². The van der Waals surface area contributed by atoms with Crippen LogP contribution in [0.25, 0.3) is 0 Å². The van der Waals surface area contributed by atoms with E-state index in [2.05, 4.69) is 28.6 Å². The van der Waals surface area contributed by atoms with E-state index in [1.807, 2.05) is 24.3 Å². The fraction of sp³-hybridized carbons (Fsp3) is 0.368. The maximum atomic E-state index is 12.1. The van der Waals surface area contributed by atoms with E-state index in [9.17, 15) is 4.79 Å². The number of nitrogens with zero attached hydrogens (tertiary/aromatic N) is 1. The molecule has 2 aromatic rings. The quantitative estimate of drug-likeness (QED) is 0.855. The number of pyridine rings is 1. The average Bonchev–Trinajstić information content (AvgIpc) is 3.14. The molecule has 3 rings (SSSR count). The summed E-state index contributed by atoms with van der Waals surface area (Å²) in [4.78, 5) is 16.4. The first-order valence-electron chi connectivity index (χ1n) is 8.47. The number of aromatic nitrogens is 1. The molecule has 1 aromatic carbocycles. The summed E-state index contributed by atoms with van der Waals surface area (Å²) in [6.45, 7) is 3.46. The Morgan fingerprint density at radius 2 is 2.17 bits per heavy atom. The summed E-state index contributed by atoms with van der Waals surface area (Å²) in [5.74, 6) is -0.161. The summed E-state index contributed by atoms with van der Waals surface area (Å²) in [7, 11) is 0. The maximum absolute atomic E-state index is 12.1. The number of hydrogen-bond donors (Lipinski definition) is 2. The number of benzene rings is 1. The second-order valence-corrected chi connectivity index (χ2v) is 5.91. The van der Waals surface area contributed by atoms with Crippen LogP contribution in [0.5, 0.6) is 0 Å². The van der Waals surface area contributed by atoms with Gasteiger partial charge in [-0.2, -0.15) is 0 Å². The molecule has 1 saturated heterocycles. The predicted octanol–water partition coefficient (Wildman–Crippen LogP) is 3.30. The summed E-state index contributed by atoms with van der Waals surface area (Å²) >= 11 is 0. The van der Waals surface area contributed by atoms with Crippen LogP contribution in [0, 0.1) is 0 Å². The van der Waals surface area contributed by atoms with Crippen LogP contribution in [-0.4, -0.2) is 30.1 Å². The lowest BCUT2D eigenvalue weighted by atomic mass is 10.1. The minimum Gasteiger partial charge on any atom is -0.376 e. The molecule has 1 atom stereocenters. The van der Waals surface area contributed by atoms with Gasteiger partial charge < -0.3 is 15.4 Å². The van der Waals surface area contributed by atoms with Gasteiger partial charge in [-0.25, -0.2) is 4.98 Å². The summed E-state index contributed by atoms with van der Waals surface area (Å²) < 4.78 is 5.50. The average molecular weight is 325 g/mol. The zero-order valence-corrected chi connectivity index (χ0v) is 13.9. The van der Waals surface area contributed by atoms with E-state index >= 15 is 0 Å². The molecule has 0 radical (unpaired) electrons. The number of aryl methyl sites for hydroxylation is 1. The van der Waals surface area contributed by atoms with Gasteiger partial charge in [-0.1, -0.05) is 25.1 Å². The number of amides is 1. The van der Waals surface area contributed by atoms with Crippen LogP contribution in [0.3, 0.4) is 0 Å². The molecule has 1 unspecified atom stereocenters. The van der Waals surface area contributed by atoms with E-state index in [-0.39, 0.29) is 12.0 Å². The topological polar surface area (TPSA) is 63.2 Å². The number of rotatable bonds is 6. The number of nitrogens with one attached hydrogen (secondary N) is 2. The van der Waals surface area contributed by atoms with Gasteiger partial charge in [0.15, 0.2) is 0 Å². The van der Waals surface area contributed by atoms with Gasteiger partial charge in [0.1, 0.15) is 5.69 Å². The highest BCUT2D eigenvalue weighted by Crippen LogP contribution is 2.20. The van der Waals surface area contributed by atoms with Gasteiger partial charge in [0.25, 0.3) is 5.91 Å². The van der Waals surface area contributed by atoms with Crippen LogP contribution >= 0.6 is 0 Å². The summed E-state index contributed by atoms with van der Waals surface area (Å²) in [6, 6.07) is 11.8. The van der Waals surface area contributed by atoms with Crippen molar-refractivity contribution in [3.05, 3.63) is 53.9 Å². The molecular formula is C19H23N3O2. The number of para-hydroxylation sites is 1. The first kappa shape index (κ1) is 16.5. The minimum atomic E-state index is -0.161. The van der Waals surface area contributed by atoms with Crippen molar-refractivity contribution < 1.29 is 9.53 Å². The van der Waals surface area contributed by atoms with Gasteiger partial charge in [0, 0.05) is 18.8 Å². The maximum Gasteiger partial charge on any atom is 0.269 e. The molecular weight excluding hydrogens is 302 g/mol. The highest BCUT2D eigenvalue weighted by Gasteiger charge is 2.17. The molecule has 1 amide bonds. The molecule has 2 heterocycles. The normalized spacial score (nSPS) is 16.8. The second kappa shape index (κ2) is 7.93. The van der Waals surface area contributed by atoms with Crippen molar-refractivity contribution in [2.24, 2.45) is 0 Å². The Morgan fingerprint density at radius 1 is 1.29 bits per heavy atom. The number of carbonyl (C=O) groups excluding carboxylic acids is 1. The van der Waals surface area contributed by atoms with E-state index in [4.69, 9.17) is 4.74 Å². The molecule has 1 fully saturated rings. The molecule has 24 heavy (non-hydrogen) atoms. The Labute approximate surface area is 142 Å². The number of hydrogen-bond acceptors (Lipinski definition) is 4. The molecule has 0 bridgehead atoms. The lowest BCUT2D eigenvalue weighted by Gasteiger charge is -2.12. The van der Waals surface area contributed by atoms with Gasteiger partial charge in [-0.15, -0.1) is 0 Å². The first-order valence-corrected chi connectivity index (χ1v) is 8.47. The molecule has 1 aliphatic rings. The molecule has 2 N–H and O–H groups in total. The van der Waals surface area contributed by atoms with Crippen molar-refractivity contribution in [1.82, 2.24) is 10.3 Å². The third-order valence-corrected chi connectivity index (χ3v) is 4.19. The lowest BCUT2D eigenvalue weighted by Crippen LogP contribution is -2.32. The molecule has 126 valence electrons. The standard InChI is InChI=1S/C19H23N3O2/c1-2-14-6-3-4-8-17(14)22-15-9-10-18(20-12-15)19(23)21-13-16-7-5-11-24-16/h3-4,6,8-10,12,16,22H,2,5,7,11,13H2,1H3,(H,21,23). The number of carbonyl (C=O) groups is 1. The van der Waals surface area contributed by atoms with Gasteiger partial charge in [0.05, 0.1) is 18.0 Å². The van der Waals surface area contributed by atoms with Crippen molar-refractivity contribution in [1.29, 1.82) is 0 Å². The molecule has 5 nitrogen and oxygen atoms in total. The van der Waals surface area contributed by atoms with Crippen LogP contribution in [-0.2, 0) is 11.2 Å². The van der Waals surface area contributed by atoms with Crippen molar-refractivity contribution >= 4 is 17.3 Å². The van der Waals surface area contributed by atoms with E-state index in [1.165, 1.54) is 5.56 Å². The van der Waals surface area contributed by atoms with Gasteiger partial charge in [-0.3, -0.25) is 4.79 Å². The van der Waals surface area contributed by atoms with Crippen molar-refractivity contribution in [2.75, 3.05) is 18.5 Å². The third kappa shape index (κ3) is 4.11. The lowest BCUT2D eigenvalue weighted by molar-refractivity contribution is 0.0854. The summed E-state index contributed by atoms with van der Waals surface area (Å²) in [5.41, 5.74) is 3.60. The molecule has 0 aliphatic carbocycles. The molecule has 1 aliphatic heterocycles. The Bertz CT molecular complexity index is 679. The zero-order valence-electron chi connectivity index (χ0n) is 13.9. The van der Waals surface area contributed by atoms with E-state index in [0.717, 1.165) is 37.2 Å². The van der Waals surface area contributed by atoms with Crippen LogP contribution in [0.2, 0.25) is 0 Å². The van der Waals surface area contributed by atoms with Gasteiger partial charge >= 0.3 is 0 Å². The fourth-order valence-electron chi connectivity index (χ4n) is 2.81. The van der Waals surface area contributed by atoms with Crippen molar-refractivity contribution in [3.8, 4) is 0 Å². The van der Waals surface area contributed by atoms with Crippen molar-refractivity contribution in [2.45, 2.75) is 32.3 Å². The summed E-state index contributed by atoms with van der Waals surface area (Å²) in [5, 5.41) is 6.23. The van der Waals surface area contributed by atoms with Crippen molar-refractivity contribution in [3.63, 3.8) is 0 Å². The second-order valence-electron chi connectivity index (χ2n) is 5.91. The van der Waals surface area contributed by atoms with Crippen LogP contribution in [0.1, 0.15) is 35.8 Å². The van der Waals surface area contributed by atoms with Crippen LogP contribution < -0.4 is 10.6 Å². The van der Waals surface area contributed by atoms with Crippen LogP contribution in [0.4, 0.5) is 11.4 Å². The Hall–Kier alpha value is -2.40. The molecule has 0 spiro atoms. The Balaban J connectivity index is 1.59. The van der Waals surface area contributed by atoms with Gasteiger partial charge in [0.2, 0.25) is 0 Å². The predicted molar refractivity (Wildman–Crippen MR) is 94.6 cm³/mol. The number of anilines is 2. The fourth-order valence-corrected chi connectivity index (χ4v) is 2.81. The SMILES string of the molecule is CCc1ccccc1Nc1ccc(C(=O)NCC2CCCO2)nc1. The first-order chi connectivity index (χ1) is 11.8. The van der Waals surface area contributed by atoms with Gasteiger partial charge in [-0.05, 0) is 43.0 Å². The van der Waals surface area contributed by atoms with E-state index in [0.29, 0.717) is 12.2 Å². The highest BCUT2D eigenvalue weighted by atomic mass is 16.5. The molecule has 0 saturated carbocycles. The Kier molecular flexibility index (Phi) is 5.43. The van der Waals surface area contributed by atoms with Crippen LogP contribution in [0.15, 0.2) is 42.6 Å². The van der Waals surface area contributed by atoms with E-state index < -0.39 is 0 Å². The Morgan fingerprint density at radius 3 is 2.88 bits per heavy atom.